The van der Waals surface area contributed by atoms with Gasteiger partial charge >= 0.3 is 12.1 Å². The van der Waals surface area contributed by atoms with Crippen molar-refractivity contribution >= 4 is 23.3 Å². The van der Waals surface area contributed by atoms with Crippen LogP contribution in [0.25, 0.3) is 0 Å². The monoisotopic (exact) mass is 415 g/mol. The van der Waals surface area contributed by atoms with Crippen molar-refractivity contribution < 1.29 is 32.6 Å². The van der Waals surface area contributed by atoms with Gasteiger partial charge in [-0.25, -0.2) is 4.79 Å². The van der Waals surface area contributed by atoms with Crippen LogP contribution < -0.4 is 10.2 Å². The molecule has 1 aromatic carbocycles. The molecule has 0 fully saturated rings. The fourth-order valence-electron chi connectivity index (χ4n) is 3.14. The Labute approximate surface area is 166 Å². The molecule has 0 aliphatic carbocycles. The minimum Gasteiger partial charge on any atom is -0.466 e. The van der Waals surface area contributed by atoms with E-state index in [1.54, 1.807) is 0 Å². The van der Waals surface area contributed by atoms with E-state index in [9.17, 15) is 22.8 Å². The predicted octanol–water partition coefficient (Wildman–Crippen LogP) is 2.23. The van der Waals surface area contributed by atoms with Gasteiger partial charge in [-0.1, -0.05) is 0 Å². The number of aliphatic hydroxyl groups excluding tert-OH is 1. The Balaban J connectivity index is 2.55. The van der Waals surface area contributed by atoms with Crippen molar-refractivity contribution in [2.24, 2.45) is 0 Å². The van der Waals surface area contributed by atoms with E-state index in [-0.39, 0.29) is 36.7 Å². The highest BCUT2D eigenvalue weighted by atomic mass is 19.4. The molecule has 1 amide bonds. The topological polar surface area (TPSA) is 82.1 Å². The first-order valence-corrected chi connectivity index (χ1v) is 9.12. The van der Waals surface area contributed by atoms with Crippen LogP contribution in [0.5, 0.6) is 0 Å². The van der Waals surface area contributed by atoms with Crippen molar-refractivity contribution in [3.63, 3.8) is 0 Å². The molecule has 2 N–H and O–H groups in total. The van der Waals surface area contributed by atoms with Crippen LogP contribution in [-0.4, -0.2) is 61.8 Å². The third-order valence-electron chi connectivity index (χ3n) is 4.64. The molecule has 0 bridgehead atoms. The van der Waals surface area contributed by atoms with Crippen molar-refractivity contribution in [2.45, 2.75) is 20.0 Å². The Kier molecular flexibility index (Phi) is 7.12. The summed E-state index contributed by atoms with van der Waals surface area (Å²) in [7, 11) is 1.15. The Morgan fingerprint density at radius 3 is 2.48 bits per heavy atom. The molecule has 0 unspecified atom stereocenters. The predicted molar refractivity (Wildman–Crippen MR) is 101 cm³/mol. The van der Waals surface area contributed by atoms with Gasteiger partial charge in [0.1, 0.15) is 5.70 Å². The zero-order chi connectivity index (χ0) is 21.8. The molecule has 0 radical (unpaired) electrons. The zero-order valence-electron chi connectivity index (χ0n) is 16.5. The van der Waals surface area contributed by atoms with Gasteiger partial charge in [-0.2, -0.15) is 13.2 Å². The van der Waals surface area contributed by atoms with E-state index in [4.69, 9.17) is 9.84 Å². The van der Waals surface area contributed by atoms with E-state index in [1.807, 2.05) is 18.7 Å². The molecule has 7 nitrogen and oxygen atoms in total. The van der Waals surface area contributed by atoms with E-state index in [1.165, 1.54) is 11.0 Å². The lowest BCUT2D eigenvalue weighted by molar-refractivity contribution is -0.138. The van der Waals surface area contributed by atoms with Gasteiger partial charge in [0.05, 0.1) is 42.8 Å². The molecule has 10 heteroatoms. The Hall–Kier alpha value is -2.75. The highest BCUT2D eigenvalue weighted by molar-refractivity contribution is 6.09. The molecule has 1 aromatic rings. The number of hydrogen-bond acceptors (Lipinski definition) is 6. The summed E-state index contributed by atoms with van der Waals surface area (Å²) in [6, 6.07) is 3.22. The zero-order valence-corrected chi connectivity index (χ0v) is 16.5. The summed E-state index contributed by atoms with van der Waals surface area (Å²) < 4.78 is 44.4. The number of nitrogens with one attached hydrogen (secondary N) is 1. The van der Waals surface area contributed by atoms with Gasteiger partial charge in [-0.3, -0.25) is 4.79 Å². The summed E-state index contributed by atoms with van der Waals surface area (Å²) in [5, 5.41) is 11.9. The van der Waals surface area contributed by atoms with E-state index >= 15 is 0 Å². The molecule has 1 aliphatic heterocycles. The van der Waals surface area contributed by atoms with Crippen LogP contribution in [0.2, 0.25) is 0 Å². The summed E-state index contributed by atoms with van der Waals surface area (Å²) in [6.45, 7) is 4.33. The number of carbonyl (C=O) groups excluding carboxylic acids is 2. The first-order valence-electron chi connectivity index (χ1n) is 9.12. The molecule has 29 heavy (non-hydrogen) atoms. The van der Waals surface area contributed by atoms with Crippen LogP contribution in [0.3, 0.4) is 0 Å². The maximum atomic E-state index is 13.2. The van der Waals surface area contributed by atoms with Crippen LogP contribution in [0.1, 0.15) is 19.4 Å². The fraction of sp³-hybridized carbons (Fsp3) is 0.474. The molecular formula is C19H24F3N3O4. The first kappa shape index (κ1) is 22.5. The van der Waals surface area contributed by atoms with Crippen LogP contribution in [0.4, 0.5) is 24.5 Å². The first-order chi connectivity index (χ1) is 13.7. The third kappa shape index (κ3) is 4.81. The average Bonchev–Trinajstić information content (AvgIpc) is 2.98. The summed E-state index contributed by atoms with van der Waals surface area (Å²) in [4.78, 5) is 27.8. The summed E-state index contributed by atoms with van der Waals surface area (Å²) in [6.07, 6.45) is -4.57. The molecule has 1 heterocycles. The van der Waals surface area contributed by atoms with Crippen LogP contribution in [0, 0.1) is 0 Å². The maximum Gasteiger partial charge on any atom is 0.416 e. The standard InChI is InChI=1S/C19H24F3N3O4/c1-4-24(5-2)15-7-6-12(19(20,21)22)10-14(15)23-16-13(18(28)29-3)11-25(8-9-26)17(16)27/h6-7,10,23,26H,4-5,8-9,11H2,1-3H3. The number of aliphatic hydroxyl groups is 1. The van der Waals surface area contributed by atoms with E-state index in [2.05, 4.69) is 5.32 Å². The number of rotatable bonds is 8. The van der Waals surface area contributed by atoms with Crippen molar-refractivity contribution in [3.05, 3.63) is 35.0 Å². The molecule has 0 saturated carbocycles. The second kappa shape index (κ2) is 9.17. The van der Waals surface area contributed by atoms with E-state index in [0.29, 0.717) is 18.8 Å². The highest BCUT2D eigenvalue weighted by Crippen LogP contribution is 2.37. The molecule has 160 valence electrons. The van der Waals surface area contributed by atoms with Crippen LogP contribution >= 0.6 is 0 Å². The number of halogens is 3. The number of β-amino-alcohol motifs (C(OH)–C–C–N with tert-alkyl or cyclic N) is 1. The number of anilines is 2. The number of hydrogen-bond donors (Lipinski definition) is 2. The van der Waals surface area contributed by atoms with Gasteiger partial charge in [0.25, 0.3) is 5.91 Å². The quantitative estimate of drug-likeness (QED) is 0.634. The Bertz CT molecular complexity index is 804. The molecule has 0 aromatic heterocycles. The van der Waals surface area contributed by atoms with Gasteiger partial charge in [0, 0.05) is 19.6 Å². The number of methoxy groups -OCH3 is 1. The minimum atomic E-state index is -4.57. The largest absolute Gasteiger partial charge is 0.466 e. The second-order valence-corrected chi connectivity index (χ2v) is 6.32. The van der Waals surface area contributed by atoms with Gasteiger partial charge < -0.3 is 25.0 Å². The van der Waals surface area contributed by atoms with Gasteiger partial charge in [0.15, 0.2) is 0 Å². The normalized spacial score (nSPS) is 14.4. The Morgan fingerprint density at radius 2 is 1.97 bits per heavy atom. The average molecular weight is 415 g/mol. The SMILES string of the molecule is CCN(CC)c1ccc(C(F)(F)F)cc1NC1=C(C(=O)OC)CN(CCO)C1=O. The number of nitrogens with zero attached hydrogens (tertiary/aromatic N) is 2. The number of alkyl halides is 3. The fourth-order valence-corrected chi connectivity index (χ4v) is 3.14. The van der Waals surface area contributed by atoms with E-state index in [0.717, 1.165) is 19.2 Å². The molecular weight excluding hydrogens is 391 g/mol. The third-order valence-corrected chi connectivity index (χ3v) is 4.64. The van der Waals surface area contributed by atoms with Crippen LogP contribution in [0.15, 0.2) is 29.5 Å². The Morgan fingerprint density at radius 1 is 1.31 bits per heavy atom. The maximum absolute atomic E-state index is 13.2. The van der Waals surface area contributed by atoms with Crippen molar-refractivity contribution in [2.75, 3.05) is 50.1 Å². The van der Waals surface area contributed by atoms with E-state index < -0.39 is 23.6 Å². The lowest BCUT2D eigenvalue weighted by Gasteiger charge is -2.26. The molecule has 0 saturated heterocycles. The second-order valence-electron chi connectivity index (χ2n) is 6.32. The summed E-state index contributed by atoms with van der Waals surface area (Å²) in [5.41, 5.74) is -0.520. The molecule has 0 spiro atoms. The molecule has 1 aliphatic rings. The highest BCUT2D eigenvalue weighted by Gasteiger charge is 2.36. The van der Waals surface area contributed by atoms with Crippen molar-refractivity contribution in [3.8, 4) is 0 Å². The number of ether oxygens (including phenoxy) is 1. The van der Waals surface area contributed by atoms with Crippen molar-refractivity contribution in [1.82, 2.24) is 4.90 Å². The van der Waals surface area contributed by atoms with Gasteiger partial charge in [0.2, 0.25) is 0 Å². The van der Waals surface area contributed by atoms with Crippen molar-refractivity contribution in [1.29, 1.82) is 0 Å². The van der Waals surface area contributed by atoms with Crippen LogP contribution in [-0.2, 0) is 20.5 Å². The molecule has 2 rings (SSSR count). The number of carbonyl (C=O) groups is 2. The molecule has 0 atom stereocenters. The number of benzene rings is 1. The van der Waals surface area contributed by atoms with Gasteiger partial charge in [-0.05, 0) is 32.0 Å². The number of amides is 1. The lowest BCUT2D eigenvalue weighted by Crippen LogP contribution is -2.31. The minimum absolute atomic E-state index is 0.00569. The van der Waals surface area contributed by atoms with Gasteiger partial charge in [-0.15, -0.1) is 0 Å². The lowest BCUT2D eigenvalue weighted by atomic mass is 10.1. The smallest absolute Gasteiger partial charge is 0.416 e. The summed E-state index contributed by atoms with van der Waals surface area (Å²) in [5.74, 6) is -1.36. The summed E-state index contributed by atoms with van der Waals surface area (Å²) >= 11 is 0. The number of esters is 1.